The smallest absolute Gasteiger partial charge is 0.236 e. The second-order valence-electron chi connectivity index (χ2n) is 4.76. The Labute approximate surface area is 109 Å². The van der Waals surface area contributed by atoms with E-state index in [9.17, 15) is 4.79 Å². The number of rotatable bonds is 5. The van der Waals surface area contributed by atoms with Crippen LogP contribution in [0.15, 0.2) is 24.3 Å². The molecule has 0 saturated carbocycles. The van der Waals surface area contributed by atoms with E-state index in [0.29, 0.717) is 6.54 Å². The number of nitrogens with one attached hydrogen (secondary N) is 1. The minimum atomic E-state index is -0.172. The largest absolute Gasteiger partial charge is 0.398 e. The first-order valence-electron chi connectivity index (χ1n) is 6.28. The van der Waals surface area contributed by atoms with Gasteiger partial charge in [0.25, 0.3) is 0 Å². The predicted molar refractivity (Wildman–Crippen MR) is 75.1 cm³/mol. The fourth-order valence-corrected chi connectivity index (χ4v) is 2.00. The average molecular weight is 249 g/mol. The van der Waals surface area contributed by atoms with Gasteiger partial charge < -0.3 is 11.1 Å². The number of carbonyl (C=O) groups is 1. The van der Waals surface area contributed by atoms with E-state index in [2.05, 4.69) is 24.1 Å². The minimum absolute atomic E-state index is 0.0261. The lowest BCUT2D eigenvalue weighted by atomic mass is 10.1. The molecule has 0 aliphatic rings. The second-order valence-corrected chi connectivity index (χ2v) is 4.76. The summed E-state index contributed by atoms with van der Waals surface area (Å²) in [5.74, 6) is 0.0261. The van der Waals surface area contributed by atoms with Crippen LogP contribution in [0.25, 0.3) is 0 Å². The maximum absolute atomic E-state index is 11.7. The summed E-state index contributed by atoms with van der Waals surface area (Å²) in [6.07, 6.45) is 0. The number of likely N-dealkylation sites (N-methyl/N-ethyl adjacent to an activating group) is 1. The van der Waals surface area contributed by atoms with Gasteiger partial charge in [0.1, 0.15) is 0 Å². The average Bonchev–Trinajstić information content (AvgIpc) is 2.35. The number of nitrogens with two attached hydrogens (primary N) is 1. The summed E-state index contributed by atoms with van der Waals surface area (Å²) < 4.78 is 0. The molecule has 0 fully saturated rings. The van der Waals surface area contributed by atoms with Crippen molar-refractivity contribution in [3.8, 4) is 0 Å². The van der Waals surface area contributed by atoms with E-state index in [1.54, 1.807) is 7.05 Å². The second kappa shape index (κ2) is 6.40. The molecular weight excluding hydrogens is 226 g/mol. The monoisotopic (exact) mass is 249 g/mol. The molecule has 4 nitrogen and oxygen atoms in total. The van der Waals surface area contributed by atoms with Gasteiger partial charge in [0.15, 0.2) is 0 Å². The third-order valence-corrected chi connectivity index (χ3v) is 3.19. The highest BCUT2D eigenvalue weighted by molar-refractivity contribution is 5.81. The van der Waals surface area contributed by atoms with Gasteiger partial charge in [-0.3, -0.25) is 9.69 Å². The molecule has 0 aromatic heterocycles. The summed E-state index contributed by atoms with van der Waals surface area (Å²) in [6.45, 7) is 6.76. The summed E-state index contributed by atoms with van der Waals surface area (Å²) >= 11 is 0. The molecule has 100 valence electrons. The number of benzene rings is 1. The first-order valence-corrected chi connectivity index (χ1v) is 6.28. The molecule has 0 heterocycles. The van der Waals surface area contributed by atoms with Crippen LogP contribution in [0.3, 0.4) is 0 Å². The Morgan fingerprint density at radius 2 is 1.94 bits per heavy atom. The highest BCUT2D eigenvalue weighted by atomic mass is 16.2. The van der Waals surface area contributed by atoms with E-state index in [-0.39, 0.29) is 18.0 Å². The van der Waals surface area contributed by atoms with Crippen molar-refractivity contribution in [3.63, 3.8) is 0 Å². The molecule has 0 bridgehead atoms. The first-order chi connectivity index (χ1) is 8.47. The van der Waals surface area contributed by atoms with Crippen molar-refractivity contribution in [3.05, 3.63) is 29.8 Å². The van der Waals surface area contributed by atoms with Crippen LogP contribution in [-0.2, 0) is 11.3 Å². The van der Waals surface area contributed by atoms with Gasteiger partial charge in [-0.05, 0) is 32.4 Å². The Kier molecular flexibility index (Phi) is 5.16. The lowest BCUT2D eigenvalue weighted by Crippen LogP contribution is -2.46. The molecule has 1 aromatic rings. The van der Waals surface area contributed by atoms with Crippen LogP contribution < -0.4 is 11.1 Å². The molecule has 3 N–H and O–H groups in total. The number of nitrogen functional groups attached to an aromatic ring is 1. The normalized spacial score (nSPS) is 12.8. The minimum Gasteiger partial charge on any atom is -0.398 e. The number of nitrogens with zero attached hydrogens (tertiary/aromatic N) is 1. The van der Waals surface area contributed by atoms with Crippen LogP contribution in [-0.4, -0.2) is 29.9 Å². The van der Waals surface area contributed by atoms with Gasteiger partial charge in [-0.1, -0.05) is 18.2 Å². The summed E-state index contributed by atoms with van der Waals surface area (Å²) in [6, 6.07) is 7.88. The van der Waals surface area contributed by atoms with Crippen molar-refractivity contribution < 1.29 is 4.79 Å². The standard InChI is InChI=1S/C14H23N3O/c1-10(2)17(11(3)14(18)16-4)9-12-7-5-6-8-13(12)15/h5-8,10-11H,9,15H2,1-4H3,(H,16,18). The Morgan fingerprint density at radius 1 is 1.33 bits per heavy atom. The van der Waals surface area contributed by atoms with Gasteiger partial charge in [-0.25, -0.2) is 0 Å². The van der Waals surface area contributed by atoms with Crippen LogP contribution in [0.4, 0.5) is 5.69 Å². The molecule has 1 amide bonds. The molecule has 1 rings (SSSR count). The lowest BCUT2D eigenvalue weighted by Gasteiger charge is -2.31. The highest BCUT2D eigenvalue weighted by Crippen LogP contribution is 2.17. The Morgan fingerprint density at radius 3 is 2.44 bits per heavy atom. The number of carbonyl (C=O) groups excluding carboxylic acids is 1. The fraction of sp³-hybridized carbons (Fsp3) is 0.500. The third-order valence-electron chi connectivity index (χ3n) is 3.19. The summed E-state index contributed by atoms with van der Waals surface area (Å²) in [5.41, 5.74) is 7.78. The number of anilines is 1. The number of hydrogen-bond donors (Lipinski definition) is 2. The number of hydrogen-bond acceptors (Lipinski definition) is 3. The topological polar surface area (TPSA) is 58.4 Å². The van der Waals surface area contributed by atoms with E-state index in [1.165, 1.54) is 0 Å². The summed E-state index contributed by atoms with van der Waals surface area (Å²) in [5, 5.41) is 2.69. The van der Waals surface area contributed by atoms with Gasteiger partial charge in [0, 0.05) is 25.3 Å². The van der Waals surface area contributed by atoms with Crippen molar-refractivity contribution in [2.45, 2.75) is 39.4 Å². The fourth-order valence-electron chi connectivity index (χ4n) is 2.00. The molecule has 1 atom stereocenters. The van der Waals surface area contributed by atoms with Gasteiger partial charge in [0.05, 0.1) is 6.04 Å². The zero-order chi connectivity index (χ0) is 13.7. The zero-order valence-electron chi connectivity index (χ0n) is 11.6. The highest BCUT2D eigenvalue weighted by Gasteiger charge is 2.23. The molecule has 0 radical (unpaired) electrons. The van der Waals surface area contributed by atoms with Crippen LogP contribution in [0.2, 0.25) is 0 Å². The van der Waals surface area contributed by atoms with E-state index >= 15 is 0 Å². The van der Waals surface area contributed by atoms with Crippen molar-refractivity contribution in [1.82, 2.24) is 10.2 Å². The lowest BCUT2D eigenvalue weighted by molar-refractivity contribution is -0.126. The van der Waals surface area contributed by atoms with Crippen LogP contribution in [0.5, 0.6) is 0 Å². The maximum atomic E-state index is 11.7. The van der Waals surface area contributed by atoms with E-state index in [1.807, 2.05) is 31.2 Å². The van der Waals surface area contributed by atoms with Gasteiger partial charge in [-0.2, -0.15) is 0 Å². The van der Waals surface area contributed by atoms with E-state index < -0.39 is 0 Å². The summed E-state index contributed by atoms with van der Waals surface area (Å²) in [4.78, 5) is 13.9. The number of para-hydroxylation sites is 1. The van der Waals surface area contributed by atoms with Crippen molar-refractivity contribution in [2.24, 2.45) is 0 Å². The first kappa shape index (κ1) is 14.5. The molecular formula is C14H23N3O. The SMILES string of the molecule is CNC(=O)C(C)N(Cc1ccccc1N)C(C)C. The molecule has 4 heteroatoms. The van der Waals surface area contributed by atoms with Crippen molar-refractivity contribution in [1.29, 1.82) is 0 Å². The van der Waals surface area contributed by atoms with Crippen molar-refractivity contribution >= 4 is 11.6 Å². The molecule has 0 aliphatic heterocycles. The van der Waals surface area contributed by atoms with Crippen LogP contribution >= 0.6 is 0 Å². The quantitative estimate of drug-likeness (QED) is 0.780. The molecule has 1 unspecified atom stereocenters. The Bertz CT molecular complexity index is 404. The van der Waals surface area contributed by atoms with Crippen LogP contribution in [0.1, 0.15) is 26.3 Å². The maximum Gasteiger partial charge on any atom is 0.236 e. The van der Waals surface area contributed by atoms with Gasteiger partial charge >= 0.3 is 0 Å². The Balaban J connectivity index is 2.88. The number of amides is 1. The van der Waals surface area contributed by atoms with Crippen LogP contribution in [0, 0.1) is 0 Å². The van der Waals surface area contributed by atoms with E-state index in [0.717, 1.165) is 11.3 Å². The molecule has 0 aliphatic carbocycles. The molecule has 0 spiro atoms. The Hall–Kier alpha value is -1.55. The van der Waals surface area contributed by atoms with Gasteiger partial charge in [-0.15, -0.1) is 0 Å². The van der Waals surface area contributed by atoms with Gasteiger partial charge in [0.2, 0.25) is 5.91 Å². The zero-order valence-corrected chi connectivity index (χ0v) is 11.6. The van der Waals surface area contributed by atoms with Crippen molar-refractivity contribution in [2.75, 3.05) is 12.8 Å². The predicted octanol–water partition coefficient (Wildman–Crippen LogP) is 1.61. The molecule has 0 saturated heterocycles. The van der Waals surface area contributed by atoms with E-state index in [4.69, 9.17) is 5.73 Å². The molecule has 18 heavy (non-hydrogen) atoms. The third kappa shape index (κ3) is 3.47. The molecule has 1 aromatic carbocycles. The summed E-state index contributed by atoms with van der Waals surface area (Å²) in [7, 11) is 1.66.